The van der Waals surface area contributed by atoms with E-state index in [0.717, 1.165) is 6.54 Å². The second-order valence-electron chi connectivity index (χ2n) is 5.54. The van der Waals surface area contributed by atoms with Crippen molar-refractivity contribution in [3.8, 4) is 0 Å². The number of hydrogen-bond donors (Lipinski definition) is 1. The van der Waals surface area contributed by atoms with Crippen molar-refractivity contribution >= 4 is 0 Å². The molecule has 0 saturated carbocycles. The maximum absolute atomic E-state index is 12.1. The van der Waals surface area contributed by atoms with Gasteiger partial charge in [-0.15, -0.1) is 0 Å². The molecule has 21 heavy (non-hydrogen) atoms. The summed E-state index contributed by atoms with van der Waals surface area (Å²) in [6.45, 7) is 11.2. The van der Waals surface area contributed by atoms with E-state index < -0.39 is 13.0 Å². The third-order valence-electron chi connectivity index (χ3n) is 4.02. The van der Waals surface area contributed by atoms with E-state index >= 15 is 0 Å². The SMILES string of the molecule is CCNC(CCOCC(F)F)c1c(C)c(C)cc(C)c1C. The summed E-state index contributed by atoms with van der Waals surface area (Å²) in [5.41, 5.74) is 6.37. The summed E-state index contributed by atoms with van der Waals surface area (Å²) in [4.78, 5) is 0. The van der Waals surface area contributed by atoms with Gasteiger partial charge in [-0.1, -0.05) is 13.0 Å². The van der Waals surface area contributed by atoms with Gasteiger partial charge in [-0.3, -0.25) is 0 Å². The largest absolute Gasteiger partial charge is 0.375 e. The Bertz CT molecular complexity index is 434. The summed E-state index contributed by atoms with van der Waals surface area (Å²) < 4.78 is 29.3. The number of rotatable bonds is 8. The molecule has 1 atom stereocenters. The first-order valence-electron chi connectivity index (χ1n) is 7.55. The molecule has 0 aromatic heterocycles. The van der Waals surface area contributed by atoms with Gasteiger partial charge in [0.15, 0.2) is 0 Å². The molecule has 0 bridgehead atoms. The van der Waals surface area contributed by atoms with Crippen LogP contribution < -0.4 is 5.32 Å². The fraction of sp³-hybridized carbons (Fsp3) is 0.647. The number of halogens is 2. The van der Waals surface area contributed by atoms with Crippen LogP contribution in [-0.2, 0) is 4.74 Å². The first-order valence-corrected chi connectivity index (χ1v) is 7.55. The summed E-state index contributed by atoms with van der Waals surface area (Å²) in [5.74, 6) is 0. The maximum atomic E-state index is 12.1. The summed E-state index contributed by atoms with van der Waals surface area (Å²) in [6.07, 6.45) is -1.70. The van der Waals surface area contributed by atoms with Crippen molar-refractivity contribution in [3.05, 3.63) is 33.9 Å². The highest BCUT2D eigenvalue weighted by atomic mass is 19.3. The molecule has 120 valence electrons. The van der Waals surface area contributed by atoms with Crippen LogP contribution in [0.3, 0.4) is 0 Å². The van der Waals surface area contributed by atoms with Crippen LogP contribution in [0.5, 0.6) is 0 Å². The predicted octanol–water partition coefficient (Wildman–Crippen LogP) is 4.24. The van der Waals surface area contributed by atoms with Crippen LogP contribution >= 0.6 is 0 Å². The minimum Gasteiger partial charge on any atom is -0.375 e. The number of benzene rings is 1. The lowest BCUT2D eigenvalue weighted by Gasteiger charge is -2.25. The molecular formula is C17H27F2NO. The van der Waals surface area contributed by atoms with Gasteiger partial charge in [0.1, 0.15) is 6.61 Å². The molecule has 0 aliphatic rings. The Morgan fingerprint density at radius 3 is 2.14 bits per heavy atom. The van der Waals surface area contributed by atoms with Crippen LogP contribution in [-0.4, -0.2) is 26.2 Å². The zero-order chi connectivity index (χ0) is 16.0. The Hall–Kier alpha value is -1.00. The number of hydrogen-bond acceptors (Lipinski definition) is 2. The first kappa shape index (κ1) is 18.1. The highest BCUT2D eigenvalue weighted by Crippen LogP contribution is 2.29. The molecule has 1 aromatic rings. The van der Waals surface area contributed by atoms with Crippen molar-refractivity contribution in [2.75, 3.05) is 19.8 Å². The zero-order valence-electron chi connectivity index (χ0n) is 13.7. The molecule has 2 nitrogen and oxygen atoms in total. The van der Waals surface area contributed by atoms with Crippen LogP contribution in [0.4, 0.5) is 8.78 Å². The van der Waals surface area contributed by atoms with E-state index in [1.54, 1.807) is 0 Å². The molecule has 1 N–H and O–H groups in total. The minimum absolute atomic E-state index is 0.145. The third kappa shape index (κ3) is 5.04. The Morgan fingerprint density at radius 2 is 1.67 bits per heavy atom. The summed E-state index contributed by atoms with van der Waals surface area (Å²) in [7, 11) is 0. The van der Waals surface area contributed by atoms with Gasteiger partial charge in [-0.05, 0) is 68.5 Å². The fourth-order valence-electron chi connectivity index (χ4n) is 2.74. The van der Waals surface area contributed by atoms with Crippen molar-refractivity contribution in [1.82, 2.24) is 5.32 Å². The van der Waals surface area contributed by atoms with Crippen LogP contribution in [0.25, 0.3) is 0 Å². The Balaban J connectivity index is 2.90. The summed E-state index contributed by atoms with van der Waals surface area (Å²) >= 11 is 0. The van der Waals surface area contributed by atoms with E-state index in [1.165, 1.54) is 27.8 Å². The highest BCUT2D eigenvalue weighted by Gasteiger charge is 2.18. The molecule has 0 aliphatic heterocycles. The lowest BCUT2D eigenvalue weighted by atomic mass is 9.88. The first-order chi connectivity index (χ1) is 9.88. The van der Waals surface area contributed by atoms with Gasteiger partial charge in [-0.2, -0.15) is 0 Å². The number of aryl methyl sites for hydroxylation is 2. The van der Waals surface area contributed by atoms with Crippen molar-refractivity contribution in [3.63, 3.8) is 0 Å². The van der Waals surface area contributed by atoms with E-state index in [1.807, 2.05) is 0 Å². The standard InChI is InChI=1S/C17H27F2NO/c1-6-20-15(7-8-21-10-16(18)19)17-13(4)11(2)9-12(3)14(17)5/h9,15-16,20H,6-8,10H2,1-5H3. The number of ether oxygens (including phenoxy) is 1. The molecule has 1 rings (SSSR count). The molecule has 1 unspecified atom stereocenters. The lowest BCUT2D eigenvalue weighted by Crippen LogP contribution is -2.25. The normalized spacial score (nSPS) is 13.0. The molecule has 0 radical (unpaired) electrons. The van der Waals surface area contributed by atoms with Gasteiger partial charge in [-0.25, -0.2) is 8.78 Å². The quantitative estimate of drug-likeness (QED) is 0.725. The molecule has 0 amide bonds. The monoisotopic (exact) mass is 299 g/mol. The molecule has 0 aliphatic carbocycles. The number of alkyl halides is 2. The second kappa shape index (κ2) is 8.44. The minimum atomic E-state index is -2.40. The Morgan fingerprint density at radius 1 is 1.10 bits per heavy atom. The molecule has 0 saturated heterocycles. The van der Waals surface area contributed by atoms with E-state index in [0.29, 0.717) is 13.0 Å². The van der Waals surface area contributed by atoms with E-state index in [9.17, 15) is 8.78 Å². The van der Waals surface area contributed by atoms with Crippen molar-refractivity contribution in [1.29, 1.82) is 0 Å². The van der Waals surface area contributed by atoms with Gasteiger partial charge in [0.2, 0.25) is 0 Å². The highest BCUT2D eigenvalue weighted by molar-refractivity contribution is 5.45. The van der Waals surface area contributed by atoms with Crippen LogP contribution in [0.15, 0.2) is 6.07 Å². The second-order valence-corrected chi connectivity index (χ2v) is 5.54. The van der Waals surface area contributed by atoms with Gasteiger partial charge in [0, 0.05) is 12.6 Å². The average molecular weight is 299 g/mol. The smallest absolute Gasteiger partial charge is 0.261 e. The predicted molar refractivity (Wildman–Crippen MR) is 83.2 cm³/mol. The summed E-state index contributed by atoms with van der Waals surface area (Å²) in [6, 6.07) is 2.34. The van der Waals surface area contributed by atoms with Gasteiger partial charge in [0.25, 0.3) is 6.43 Å². The molecule has 0 fully saturated rings. The lowest BCUT2D eigenvalue weighted by molar-refractivity contribution is 0.0143. The molecule has 0 spiro atoms. The topological polar surface area (TPSA) is 21.3 Å². The van der Waals surface area contributed by atoms with Gasteiger partial charge in [0.05, 0.1) is 0 Å². The van der Waals surface area contributed by atoms with Gasteiger partial charge >= 0.3 is 0 Å². The van der Waals surface area contributed by atoms with E-state index in [2.05, 4.69) is 46.0 Å². The van der Waals surface area contributed by atoms with Crippen LogP contribution in [0.2, 0.25) is 0 Å². The molecular weight excluding hydrogens is 272 g/mol. The van der Waals surface area contributed by atoms with Crippen LogP contribution in [0.1, 0.15) is 47.2 Å². The number of nitrogens with one attached hydrogen (secondary N) is 1. The Kier molecular flexibility index (Phi) is 7.26. The van der Waals surface area contributed by atoms with Gasteiger partial charge < -0.3 is 10.1 Å². The van der Waals surface area contributed by atoms with Crippen LogP contribution in [0, 0.1) is 27.7 Å². The van der Waals surface area contributed by atoms with Crippen molar-refractivity contribution < 1.29 is 13.5 Å². The van der Waals surface area contributed by atoms with E-state index in [-0.39, 0.29) is 6.04 Å². The third-order valence-corrected chi connectivity index (χ3v) is 4.02. The maximum Gasteiger partial charge on any atom is 0.261 e. The molecule has 1 aromatic carbocycles. The van der Waals surface area contributed by atoms with Crippen molar-refractivity contribution in [2.24, 2.45) is 0 Å². The Labute approximate surface area is 126 Å². The summed E-state index contributed by atoms with van der Waals surface area (Å²) in [5, 5.41) is 3.46. The van der Waals surface area contributed by atoms with Crippen molar-refractivity contribution in [2.45, 2.75) is 53.5 Å². The molecule has 4 heteroatoms. The fourth-order valence-corrected chi connectivity index (χ4v) is 2.74. The zero-order valence-corrected chi connectivity index (χ0v) is 13.7. The average Bonchev–Trinajstić information content (AvgIpc) is 2.41. The van der Waals surface area contributed by atoms with E-state index in [4.69, 9.17) is 4.74 Å². The molecule has 0 heterocycles.